The third-order valence-corrected chi connectivity index (χ3v) is 1.85. The SMILES string of the molecule is Cc1cnc(CNC(C)C(N)=O)cn1. The lowest BCUT2D eigenvalue weighted by atomic mass is 10.3. The van der Waals surface area contributed by atoms with Gasteiger partial charge in [0.2, 0.25) is 5.91 Å². The monoisotopic (exact) mass is 194 g/mol. The largest absolute Gasteiger partial charge is 0.368 e. The summed E-state index contributed by atoms with van der Waals surface area (Å²) >= 11 is 0. The number of hydrogen-bond donors (Lipinski definition) is 2. The highest BCUT2D eigenvalue weighted by atomic mass is 16.1. The van der Waals surface area contributed by atoms with Gasteiger partial charge in [-0.25, -0.2) is 0 Å². The maximum Gasteiger partial charge on any atom is 0.234 e. The van der Waals surface area contributed by atoms with Crippen LogP contribution in [0.3, 0.4) is 0 Å². The average Bonchev–Trinajstić information content (AvgIpc) is 2.16. The van der Waals surface area contributed by atoms with Gasteiger partial charge in [-0.1, -0.05) is 0 Å². The number of nitrogens with zero attached hydrogens (tertiary/aromatic N) is 2. The van der Waals surface area contributed by atoms with Crippen LogP contribution in [0.25, 0.3) is 0 Å². The number of carbonyl (C=O) groups excluding carboxylic acids is 1. The van der Waals surface area contributed by atoms with E-state index in [2.05, 4.69) is 15.3 Å². The second kappa shape index (κ2) is 4.66. The molecule has 14 heavy (non-hydrogen) atoms. The molecule has 3 N–H and O–H groups in total. The Balaban J connectivity index is 2.46. The lowest BCUT2D eigenvalue weighted by molar-refractivity contribution is -0.119. The van der Waals surface area contributed by atoms with Crippen LogP contribution in [0, 0.1) is 6.92 Å². The first-order valence-electron chi connectivity index (χ1n) is 4.40. The Hall–Kier alpha value is -1.49. The molecular weight excluding hydrogens is 180 g/mol. The van der Waals surface area contributed by atoms with Crippen LogP contribution in [-0.4, -0.2) is 21.9 Å². The Morgan fingerprint density at radius 1 is 1.57 bits per heavy atom. The maximum atomic E-state index is 10.7. The quantitative estimate of drug-likeness (QED) is 0.692. The molecule has 5 nitrogen and oxygen atoms in total. The average molecular weight is 194 g/mol. The highest BCUT2D eigenvalue weighted by Crippen LogP contribution is 1.94. The van der Waals surface area contributed by atoms with Crippen LogP contribution in [0.1, 0.15) is 18.3 Å². The van der Waals surface area contributed by atoms with E-state index in [1.807, 2.05) is 6.92 Å². The molecule has 0 fully saturated rings. The third kappa shape index (κ3) is 3.10. The fourth-order valence-corrected chi connectivity index (χ4v) is 0.869. The van der Waals surface area contributed by atoms with Crippen molar-refractivity contribution in [2.24, 2.45) is 5.73 Å². The molecule has 5 heteroatoms. The van der Waals surface area contributed by atoms with Crippen molar-refractivity contribution in [3.05, 3.63) is 23.8 Å². The number of rotatable bonds is 4. The number of primary amides is 1. The van der Waals surface area contributed by atoms with Crippen LogP contribution in [-0.2, 0) is 11.3 Å². The first-order chi connectivity index (χ1) is 6.59. The van der Waals surface area contributed by atoms with Gasteiger partial charge in [0.15, 0.2) is 0 Å². The summed E-state index contributed by atoms with van der Waals surface area (Å²) in [7, 11) is 0. The summed E-state index contributed by atoms with van der Waals surface area (Å²) in [6, 6.07) is -0.349. The summed E-state index contributed by atoms with van der Waals surface area (Å²) in [5.74, 6) is -0.370. The van der Waals surface area contributed by atoms with Gasteiger partial charge in [-0.2, -0.15) is 0 Å². The maximum absolute atomic E-state index is 10.7. The molecular formula is C9H14N4O. The van der Waals surface area contributed by atoms with Crippen molar-refractivity contribution in [2.75, 3.05) is 0 Å². The van der Waals surface area contributed by atoms with E-state index in [1.165, 1.54) is 0 Å². The number of aromatic nitrogens is 2. The Bertz CT molecular complexity index is 309. The summed E-state index contributed by atoms with van der Waals surface area (Å²) in [5, 5.41) is 2.94. The molecule has 0 aliphatic rings. The number of carbonyl (C=O) groups is 1. The molecule has 76 valence electrons. The van der Waals surface area contributed by atoms with Crippen LogP contribution in [0.4, 0.5) is 0 Å². The minimum Gasteiger partial charge on any atom is -0.368 e. The van der Waals surface area contributed by atoms with Gasteiger partial charge in [0, 0.05) is 18.9 Å². The summed E-state index contributed by atoms with van der Waals surface area (Å²) < 4.78 is 0. The van der Waals surface area contributed by atoms with E-state index in [0.717, 1.165) is 11.4 Å². The van der Waals surface area contributed by atoms with Gasteiger partial charge < -0.3 is 11.1 Å². The van der Waals surface area contributed by atoms with Gasteiger partial charge in [0.25, 0.3) is 0 Å². The second-order valence-corrected chi connectivity index (χ2v) is 3.15. The van der Waals surface area contributed by atoms with Gasteiger partial charge >= 0.3 is 0 Å². The topological polar surface area (TPSA) is 80.9 Å². The first kappa shape index (κ1) is 10.6. The summed E-state index contributed by atoms with van der Waals surface area (Å²) in [6.07, 6.45) is 3.36. The van der Waals surface area contributed by atoms with Gasteiger partial charge in [-0.15, -0.1) is 0 Å². The normalized spacial score (nSPS) is 12.4. The standard InChI is InChI=1S/C9H14N4O/c1-6-3-13-8(4-11-6)5-12-7(2)9(10)14/h3-4,7,12H,5H2,1-2H3,(H2,10,14). The van der Waals surface area contributed by atoms with Gasteiger partial charge in [0.1, 0.15) is 0 Å². The molecule has 0 bridgehead atoms. The third-order valence-electron chi connectivity index (χ3n) is 1.85. The van der Waals surface area contributed by atoms with Crippen molar-refractivity contribution in [2.45, 2.75) is 26.4 Å². The molecule has 0 saturated heterocycles. The predicted octanol–water partition coefficient (Wildman–Crippen LogP) is -0.252. The lowest BCUT2D eigenvalue weighted by Crippen LogP contribution is -2.38. The molecule has 1 amide bonds. The van der Waals surface area contributed by atoms with Crippen LogP contribution >= 0.6 is 0 Å². The minimum atomic E-state index is -0.370. The Labute approximate surface area is 82.7 Å². The lowest BCUT2D eigenvalue weighted by Gasteiger charge is -2.08. The van der Waals surface area contributed by atoms with Gasteiger partial charge in [0.05, 0.1) is 17.4 Å². The Morgan fingerprint density at radius 2 is 2.29 bits per heavy atom. The highest BCUT2D eigenvalue weighted by Gasteiger charge is 2.07. The molecule has 1 aromatic rings. The van der Waals surface area contributed by atoms with E-state index >= 15 is 0 Å². The summed E-state index contributed by atoms with van der Waals surface area (Å²) in [4.78, 5) is 18.9. The van der Waals surface area contributed by atoms with Crippen molar-refractivity contribution < 1.29 is 4.79 Å². The molecule has 1 aromatic heterocycles. The highest BCUT2D eigenvalue weighted by molar-refractivity contribution is 5.79. The number of nitrogens with one attached hydrogen (secondary N) is 1. The smallest absolute Gasteiger partial charge is 0.234 e. The fourth-order valence-electron chi connectivity index (χ4n) is 0.869. The minimum absolute atomic E-state index is 0.349. The second-order valence-electron chi connectivity index (χ2n) is 3.15. The number of aryl methyl sites for hydroxylation is 1. The Morgan fingerprint density at radius 3 is 2.79 bits per heavy atom. The number of hydrogen-bond acceptors (Lipinski definition) is 4. The van der Waals surface area contributed by atoms with Crippen LogP contribution in [0.2, 0.25) is 0 Å². The molecule has 1 unspecified atom stereocenters. The van der Waals surface area contributed by atoms with Gasteiger partial charge in [-0.3, -0.25) is 14.8 Å². The van der Waals surface area contributed by atoms with Gasteiger partial charge in [-0.05, 0) is 13.8 Å². The first-order valence-corrected chi connectivity index (χ1v) is 4.40. The molecule has 1 atom stereocenters. The molecule has 0 spiro atoms. The number of amides is 1. The van der Waals surface area contributed by atoms with E-state index in [0.29, 0.717) is 6.54 Å². The zero-order chi connectivity index (χ0) is 10.6. The van der Waals surface area contributed by atoms with E-state index in [1.54, 1.807) is 19.3 Å². The predicted molar refractivity (Wildman–Crippen MR) is 52.3 cm³/mol. The molecule has 1 heterocycles. The van der Waals surface area contributed by atoms with Crippen LogP contribution in [0.5, 0.6) is 0 Å². The van der Waals surface area contributed by atoms with Crippen LogP contribution in [0.15, 0.2) is 12.4 Å². The molecule has 0 aromatic carbocycles. The summed E-state index contributed by atoms with van der Waals surface area (Å²) in [5.41, 5.74) is 6.75. The van der Waals surface area contributed by atoms with E-state index in [4.69, 9.17) is 5.73 Å². The fraction of sp³-hybridized carbons (Fsp3) is 0.444. The van der Waals surface area contributed by atoms with E-state index < -0.39 is 0 Å². The van der Waals surface area contributed by atoms with Crippen molar-refractivity contribution >= 4 is 5.91 Å². The molecule has 0 radical (unpaired) electrons. The molecule has 0 saturated carbocycles. The molecule has 0 aliphatic carbocycles. The van der Waals surface area contributed by atoms with E-state index in [9.17, 15) is 4.79 Å². The zero-order valence-corrected chi connectivity index (χ0v) is 8.32. The molecule has 0 aliphatic heterocycles. The number of nitrogens with two attached hydrogens (primary N) is 1. The Kier molecular flexibility index (Phi) is 3.53. The van der Waals surface area contributed by atoms with Crippen molar-refractivity contribution in [1.82, 2.24) is 15.3 Å². The molecule has 1 rings (SSSR count). The summed E-state index contributed by atoms with van der Waals surface area (Å²) in [6.45, 7) is 4.08. The van der Waals surface area contributed by atoms with E-state index in [-0.39, 0.29) is 11.9 Å². The zero-order valence-electron chi connectivity index (χ0n) is 8.32. The van der Waals surface area contributed by atoms with Crippen LogP contribution < -0.4 is 11.1 Å². The van der Waals surface area contributed by atoms with Crippen molar-refractivity contribution in [1.29, 1.82) is 0 Å². The van der Waals surface area contributed by atoms with Crippen molar-refractivity contribution in [3.63, 3.8) is 0 Å². The van der Waals surface area contributed by atoms with Crippen molar-refractivity contribution in [3.8, 4) is 0 Å².